The van der Waals surface area contributed by atoms with E-state index in [1.54, 1.807) is 7.11 Å². The third-order valence-corrected chi connectivity index (χ3v) is 6.28. The number of amides is 1. The summed E-state index contributed by atoms with van der Waals surface area (Å²) in [7, 11) is 1.68. The van der Waals surface area contributed by atoms with Gasteiger partial charge >= 0.3 is 0 Å². The molecule has 1 amide bonds. The molecule has 5 heteroatoms. The number of hydrogen-bond acceptors (Lipinski definition) is 3. The summed E-state index contributed by atoms with van der Waals surface area (Å²) in [6.45, 7) is 5.76. The van der Waals surface area contributed by atoms with E-state index in [0.717, 1.165) is 55.5 Å². The molecule has 158 valence electrons. The van der Waals surface area contributed by atoms with Crippen molar-refractivity contribution in [2.75, 3.05) is 26.7 Å². The van der Waals surface area contributed by atoms with Gasteiger partial charge in [0.15, 0.2) is 0 Å². The maximum atomic E-state index is 12.7. The van der Waals surface area contributed by atoms with Crippen molar-refractivity contribution in [1.29, 1.82) is 0 Å². The molecule has 0 bridgehead atoms. The molecule has 0 unspecified atom stereocenters. The minimum absolute atomic E-state index is 0.126. The molecule has 2 heterocycles. The lowest BCUT2D eigenvalue weighted by molar-refractivity contribution is -0.126. The Morgan fingerprint density at radius 1 is 1.17 bits per heavy atom. The third-order valence-electron chi connectivity index (χ3n) is 6.28. The van der Waals surface area contributed by atoms with Gasteiger partial charge in [-0.1, -0.05) is 24.3 Å². The Morgan fingerprint density at radius 3 is 2.73 bits per heavy atom. The molecule has 1 saturated heterocycles. The summed E-state index contributed by atoms with van der Waals surface area (Å²) in [4.78, 5) is 18.4. The highest BCUT2D eigenvalue weighted by molar-refractivity contribution is 5.84. The van der Waals surface area contributed by atoms with Crippen molar-refractivity contribution in [2.24, 2.45) is 5.92 Å². The van der Waals surface area contributed by atoms with Crippen LogP contribution >= 0.6 is 0 Å². The first-order valence-electron chi connectivity index (χ1n) is 10.8. The summed E-state index contributed by atoms with van der Waals surface area (Å²) in [5, 5.41) is 4.32. The highest BCUT2D eigenvalue weighted by Crippen LogP contribution is 2.24. The van der Waals surface area contributed by atoms with E-state index in [0.29, 0.717) is 6.54 Å². The van der Waals surface area contributed by atoms with E-state index in [1.165, 1.54) is 16.7 Å². The fourth-order valence-corrected chi connectivity index (χ4v) is 4.34. The highest BCUT2D eigenvalue weighted by Gasteiger charge is 2.25. The van der Waals surface area contributed by atoms with Gasteiger partial charge in [-0.3, -0.25) is 9.69 Å². The van der Waals surface area contributed by atoms with Gasteiger partial charge in [-0.25, -0.2) is 0 Å². The lowest BCUT2D eigenvalue weighted by Gasteiger charge is -2.31. The number of likely N-dealkylation sites (tertiary alicyclic amines) is 1. The van der Waals surface area contributed by atoms with E-state index in [2.05, 4.69) is 46.4 Å². The summed E-state index contributed by atoms with van der Waals surface area (Å²) < 4.78 is 5.33. The van der Waals surface area contributed by atoms with Gasteiger partial charge in [-0.2, -0.15) is 0 Å². The smallest absolute Gasteiger partial charge is 0.223 e. The molecule has 0 atom stereocenters. The van der Waals surface area contributed by atoms with Crippen LogP contribution < -0.4 is 10.1 Å². The number of piperidine rings is 1. The largest absolute Gasteiger partial charge is 0.497 e. The molecule has 1 aliphatic rings. The number of carbonyl (C=O) groups is 1. The van der Waals surface area contributed by atoms with Crippen LogP contribution in [-0.2, 0) is 17.8 Å². The molecule has 1 fully saturated rings. The molecular weight excluding hydrogens is 374 g/mol. The second kappa shape index (κ2) is 9.35. The topological polar surface area (TPSA) is 57.4 Å². The molecule has 3 aromatic rings. The van der Waals surface area contributed by atoms with Crippen LogP contribution in [0.4, 0.5) is 0 Å². The van der Waals surface area contributed by atoms with Gasteiger partial charge in [0.25, 0.3) is 0 Å². The number of carbonyl (C=O) groups excluding carboxylic acids is 1. The average molecular weight is 406 g/mol. The van der Waals surface area contributed by atoms with Crippen molar-refractivity contribution in [3.63, 3.8) is 0 Å². The van der Waals surface area contributed by atoms with Crippen molar-refractivity contribution in [1.82, 2.24) is 15.2 Å². The van der Waals surface area contributed by atoms with Crippen molar-refractivity contribution in [2.45, 2.75) is 32.7 Å². The third kappa shape index (κ3) is 4.68. The number of benzene rings is 2. The predicted molar refractivity (Wildman–Crippen MR) is 121 cm³/mol. The number of methoxy groups -OCH3 is 1. The number of ether oxygens (including phenoxy) is 1. The van der Waals surface area contributed by atoms with Gasteiger partial charge < -0.3 is 15.0 Å². The van der Waals surface area contributed by atoms with Crippen molar-refractivity contribution >= 4 is 16.8 Å². The number of aromatic nitrogens is 1. The minimum Gasteiger partial charge on any atom is -0.497 e. The van der Waals surface area contributed by atoms with Gasteiger partial charge in [-0.15, -0.1) is 0 Å². The van der Waals surface area contributed by atoms with Gasteiger partial charge in [0, 0.05) is 36.1 Å². The van der Waals surface area contributed by atoms with Crippen LogP contribution in [0.15, 0.2) is 48.7 Å². The maximum absolute atomic E-state index is 12.7. The summed E-state index contributed by atoms with van der Waals surface area (Å²) in [6.07, 6.45) is 4.70. The summed E-state index contributed by atoms with van der Waals surface area (Å²) in [6, 6.07) is 14.6. The molecule has 1 aromatic heterocycles. The number of H-pyrrole nitrogens is 1. The van der Waals surface area contributed by atoms with Crippen LogP contribution in [0.25, 0.3) is 10.9 Å². The van der Waals surface area contributed by atoms with Crippen molar-refractivity contribution in [3.8, 4) is 5.75 Å². The second-order valence-electron chi connectivity index (χ2n) is 8.24. The Kier molecular flexibility index (Phi) is 6.38. The van der Waals surface area contributed by atoms with Gasteiger partial charge in [0.05, 0.1) is 7.11 Å². The van der Waals surface area contributed by atoms with Crippen LogP contribution in [0.3, 0.4) is 0 Å². The monoisotopic (exact) mass is 405 g/mol. The Labute approximate surface area is 178 Å². The molecule has 2 aromatic carbocycles. The number of fused-ring (bicyclic) bond motifs is 1. The van der Waals surface area contributed by atoms with E-state index in [1.807, 2.05) is 24.4 Å². The number of rotatable bonds is 7. The van der Waals surface area contributed by atoms with Gasteiger partial charge in [0.1, 0.15) is 5.75 Å². The van der Waals surface area contributed by atoms with E-state index in [-0.39, 0.29) is 11.8 Å². The standard InChI is InChI=1S/C25H31N3O2/c1-18-5-3-4-6-21(18)17-28-13-10-19(11-14-28)25(29)26-12-9-20-16-27-24-8-7-22(30-2)15-23(20)24/h3-8,15-16,19,27H,9-14,17H2,1-2H3,(H,26,29). The minimum atomic E-state index is 0.126. The van der Waals surface area contributed by atoms with E-state index < -0.39 is 0 Å². The molecule has 5 nitrogen and oxygen atoms in total. The van der Waals surface area contributed by atoms with E-state index in [4.69, 9.17) is 4.74 Å². The number of nitrogens with zero attached hydrogens (tertiary/aromatic N) is 1. The molecule has 0 aliphatic carbocycles. The van der Waals surface area contributed by atoms with Crippen molar-refractivity contribution < 1.29 is 9.53 Å². The fraction of sp³-hybridized carbons (Fsp3) is 0.400. The Bertz CT molecular complexity index is 1000. The Morgan fingerprint density at radius 2 is 1.97 bits per heavy atom. The number of aromatic amines is 1. The molecule has 30 heavy (non-hydrogen) atoms. The summed E-state index contributed by atoms with van der Waals surface area (Å²) in [5.74, 6) is 1.17. The van der Waals surface area contributed by atoms with Gasteiger partial charge in [0.2, 0.25) is 5.91 Å². The molecular formula is C25H31N3O2. The molecule has 0 saturated carbocycles. The lowest BCUT2D eigenvalue weighted by Crippen LogP contribution is -2.40. The number of aryl methyl sites for hydroxylation is 1. The van der Waals surface area contributed by atoms with Crippen molar-refractivity contribution in [3.05, 3.63) is 65.4 Å². The predicted octanol–water partition coefficient (Wildman–Crippen LogP) is 4.06. The van der Waals surface area contributed by atoms with Crippen LogP contribution in [-0.4, -0.2) is 42.5 Å². The van der Waals surface area contributed by atoms with E-state index in [9.17, 15) is 4.79 Å². The summed E-state index contributed by atoms with van der Waals surface area (Å²) >= 11 is 0. The van der Waals surface area contributed by atoms with Gasteiger partial charge in [-0.05, 0) is 74.2 Å². The fourth-order valence-electron chi connectivity index (χ4n) is 4.34. The quantitative estimate of drug-likeness (QED) is 0.623. The van der Waals surface area contributed by atoms with Crippen LogP contribution in [0.1, 0.15) is 29.5 Å². The first kappa shape index (κ1) is 20.5. The first-order chi connectivity index (χ1) is 14.6. The maximum Gasteiger partial charge on any atom is 0.223 e. The molecule has 4 rings (SSSR count). The second-order valence-corrected chi connectivity index (χ2v) is 8.24. The molecule has 2 N–H and O–H groups in total. The lowest BCUT2D eigenvalue weighted by atomic mass is 9.95. The first-order valence-corrected chi connectivity index (χ1v) is 10.8. The number of hydrogen-bond donors (Lipinski definition) is 2. The molecule has 1 aliphatic heterocycles. The van der Waals surface area contributed by atoms with Crippen LogP contribution in [0.2, 0.25) is 0 Å². The zero-order chi connectivity index (χ0) is 20.9. The average Bonchev–Trinajstić information content (AvgIpc) is 3.18. The highest BCUT2D eigenvalue weighted by atomic mass is 16.5. The Balaban J connectivity index is 1.24. The number of nitrogens with one attached hydrogen (secondary N) is 2. The van der Waals surface area contributed by atoms with Crippen LogP contribution in [0, 0.1) is 12.8 Å². The molecule has 0 radical (unpaired) electrons. The SMILES string of the molecule is COc1ccc2[nH]cc(CCNC(=O)C3CCN(Cc4ccccc4C)CC3)c2c1. The zero-order valence-electron chi connectivity index (χ0n) is 17.9. The zero-order valence-corrected chi connectivity index (χ0v) is 17.9. The summed E-state index contributed by atoms with van der Waals surface area (Å²) in [5.41, 5.74) is 5.03. The molecule has 0 spiro atoms. The Hall–Kier alpha value is -2.79. The van der Waals surface area contributed by atoms with E-state index >= 15 is 0 Å². The normalized spacial score (nSPS) is 15.4. The van der Waals surface area contributed by atoms with Crippen LogP contribution in [0.5, 0.6) is 5.75 Å².